The maximum atomic E-state index is 12.0. The fourth-order valence-electron chi connectivity index (χ4n) is 2.31. The van der Waals surface area contributed by atoms with Crippen LogP contribution < -0.4 is 11.1 Å². The zero-order valence-electron chi connectivity index (χ0n) is 12.4. The van der Waals surface area contributed by atoms with E-state index in [0.29, 0.717) is 26.1 Å². The molecule has 0 aliphatic carbocycles. The third-order valence-electron chi connectivity index (χ3n) is 3.39. The van der Waals surface area contributed by atoms with Gasteiger partial charge in [0, 0.05) is 32.6 Å². The highest BCUT2D eigenvalue weighted by Crippen LogP contribution is 2.18. The van der Waals surface area contributed by atoms with Crippen LogP contribution in [0.1, 0.15) is 32.1 Å². The van der Waals surface area contributed by atoms with Gasteiger partial charge >= 0.3 is 0 Å². The molecule has 1 heterocycles. The molecule has 1 unspecified atom stereocenters. The highest BCUT2D eigenvalue weighted by molar-refractivity contribution is 5.85. The molecule has 7 heteroatoms. The van der Waals surface area contributed by atoms with E-state index in [0.717, 1.165) is 32.2 Å². The molecule has 0 radical (unpaired) electrons. The van der Waals surface area contributed by atoms with Gasteiger partial charge in [-0.2, -0.15) is 0 Å². The van der Waals surface area contributed by atoms with Crippen molar-refractivity contribution in [1.82, 2.24) is 10.2 Å². The molecule has 3 N–H and O–H groups in total. The summed E-state index contributed by atoms with van der Waals surface area (Å²) < 4.78 is 0. The summed E-state index contributed by atoms with van der Waals surface area (Å²) in [7, 11) is 0. The SMILES string of the molecule is C=CCCCC(=O)N1CCCC(C(=O)NCCN)C1.Cl.Cl. The Morgan fingerprint density at radius 3 is 2.71 bits per heavy atom. The van der Waals surface area contributed by atoms with E-state index in [1.807, 2.05) is 11.0 Å². The van der Waals surface area contributed by atoms with Gasteiger partial charge in [0.15, 0.2) is 0 Å². The molecular formula is C14H27Cl2N3O2. The van der Waals surface area contributed by atoms with Crippen molar-refractivity contribution in [2.45, 2.75) is 32.1 Å². The molecule has 124 valence electrons. The molecule has 2 amide bonds. The lowest BCUT2D eigenvalue weighted by atomic mass is 9.96. The Bertz CT molecular complexity index is 327. The van der Waals surface area contributed by atoms with Crippen LogP contribution in [0.4, 0.5) is 0 Å². The van der Waals surface area contributed by atoms with Crippen molar-refractivity contribution < 1.29 is 9.59 Å². The van der Waals surface area contributed by atoms with Crippen LogP contribution in [0.2, 0.25) is 0 Å². The van der Waals surface area contributed by atoms with Gasteiger partial charge in [-0.05, 0) is 25.7 Å². The number of allylic oxidation sites excluding steroid dienone is 1. The molecule has 0 aromatic rings. The predicted molar refractivity (Wildman–Crippen MR) is 89.9 cm³/mol. The lowest BCUT2D eigenvalue weighted by Crippen LogP contribution is -2.46. The molecule has 21 heavy (non-hydrogen) atoms. The second-order valence-corrected chi connectivity index (χ2v) is 4.94. The minimum absolute atomic E-state index is 0. The lowest BCUT2D eigenvalue weighted by Gasteiger charge is -2.32. The van der Waals surface area contributed by atoms with Gasteiger partial charge in [-0.15, -0.1) is 31.4 Å². The van der Waals surface area contributed by atoms with Gasteiger partial charge in [-0.3, -0.25) is 9.59 Å². The van der Waals surface area contributed by atoms with E-state index in [2.05, 4.69) is 11.9 Å². The van der Waals surface area contributed by atoms with Gasteiger partial charge in [0.25, 0.3) is 0 Å². The minimum atomic E-state index is -0.0799. The Labute approximate surface area is 139 Å². The fourth-order valence-corrected chi connectivity index (χ4v) is 2.31. The zero-order chi connectivity index (χ0) is 14.1. The second kappa shape index (κ2) is 12.9. The summed E-state index contributed by atoms with van der Waals surface area (Å²) in [6, 6.07) is 0. The van der Waals surface area contributed by atoms with Crippen LogP contribution in [0.25, 0.3) is 0 Å². The topological polar surface area (TPSA) is 75.4 Å². The Balaban J connectivity index is 0. The maximum Gasteiger partial charge on any atom is 0.224 e. The van der Waals surface area contributed by atoms with Crippen molar-refractivity contribution in [3.05, 3.63) is 12.7 Å². The van der Waals surface area contributed by atoms with Gasteiger partial charge in [-0.25, -0.2) is 0 Å². The number of nitrogens with two attached hydrogens (primary N) is 1. The largest absolute Gasteiger partial charge is 0.355 e. The van der Waals surface area contributed by atoms with Crippen LogP contribution in [0.3, 0.4) is 0 Å². The van der Waals surface area contributed by atoms with Crippen molar-refractivity contribution >= 4 is 36.6 Å². The number of amides is 2. The molecule has 1 rings (SSSR count). The van der Waals surface area contributed by atoms with Crippen LogP contribution in [0, 0.1) is 5.92 Å². The number of rotatable bonds is 7. The Morgan fingerprint density at radius 2 is 2.10 bits per heavy atom. The molecule has 0 bridgehead atoms. The number of halogens is 2. The monoisotopic (exact) mass is 339 g/mol. The first-order valence-corrected chi connectivity index (χ1v) is 7.05. The molecular weight excluding hydrogens is 313 g/mol. The van der Waals surface area contributed by atoms with Crippen LogP contribution in [-0.4, -0.2) is 42.9 Å². The van der Waals surface area contributed by atoms with E-state index in [1.165, 1.54) is 0 Å². The standard InChI is InChI=1S/C14H25N3O2.2ClH/c1-2-3-4-7-13(18)17-10-5-6-12(11-17)14(19)16-9-8-15;;/h2,12H,1,3-11,15H2,(H,16,19);2*1H. The first-order valence-electron chi connectivity index (χ1n) is 7.05. The highest BCUT2D eigenvalue weighted by Gasteiger charge is 2.27. The van der Waals surface area contributed by atoms with Crippen LogP contribution in [-0.2, 0) is 9.59 Å². The molecule has 5 nitrogen and oxygen atoms in total. The van der Waals surface area contributed by atoms with Crippen molar-refractivity contribution in [2.75, 3.05) is 26.2 Å². The molecule has 0 spiro atoms. The first kappa shape index (κ1) is 22.5. The number of piperidine rings is 1. The quantitative estimate of drug-likeness (QED) is 0.545. The van der Waals surface area contributed by atoms with E-state index in [4.69, 9.17) is 5.73 Å². The van der Waals surface area contributed by atoms with Gasteiger partial charge in [0.1, 0.15) is 0 Å². The van der Waals surface area contributed by atoms with Gasteiger partial charge in [-0.1, -0.05) is 6.08 Å². The molecule has 1 fully saturated rings. The van der Waals surface area contributed by atoms with Crippen molar-refractivity contribution in [3.8, 4) is 0 Å². The number of carbonyl (C=O) groups excluding carboxylic acids is 2. The van der Waals surface area contributed by atoms with E-state index >= 15 is 0 Å². The summed E-state index contributed by atoms with van der Waals surface area (Å²) in [6.45, 7) is 5.91. The van der Waals surface area contributed by atoms with Crippen molar-refractivity contribution in [2.24, 2.45) is 11.7 Å². The predicted octanol–water partition coefficient (Wildman–Crippen LogP) is 1.50. The number of likely N-dealkylation sites (tertiary alicyclic amines) is 1. The number of hydrogen-bond acceptors (Lipinski definition) is 3. The van der Waals surface area contributed by atoms with E-state index < -0.39 is 0 Å². The molecule has 0 saturated carbocycles. The Morgan fingerprint density at radius 1 is 1.38 bits per heavy atom. The maximum absolute atomic E-state index is 12.0. The van der Waals surface area contributed by atoms with Crippen molar-refractivity contribution in [1.29, 1.82) is 0 Å². The number of carbonyl (C=O) groups is 2. The van der Waals surface area contributed by atoms with E-state index in [-0.39, 0.29) is 42.5 Å². The number of unbranched alkanes of at least 4 members (excludes halogenated alkanes) is 1. The molecule has 1 saturated heterocycles. The third-order valence-corrected chi connectivity index (χ3v) is 3.39. The lowest BCUT2D eigenvalue weighted by molar-refractivity contribution is -0.135. The smallest absolute Gasteiger partial charge is 0.224 e. The summed E-state index contributed by atoms with van der Waals surface area (Å²) in [6.07, 6.45) is 5.82. The summed E-state index contributed by atoms with van der Waals surface area (Å²) in [5.74, 6) is 0.0934. The average molecular weight is 340 g/mol. The number of nitrogens with zero attached hydrogens (tertiary/aromatic N) is 1. The summed E-state index contributed by atoms with van der Waals surface area (Å²) >= 11 is 0. The van der Waals surface area contributed by atoms with Crippen LogP contribution in [0.5, 0.6) is 0 Å². The third kappa shape index (κ3) is 8.29. The van der Waals surface area contributed by atoms with Crippen LogP contribution in [0.15, 0.2) is 12.7 Å². The van der Waals surface area contributed by atoms with Gasteiger partial charge < -0.3 is 16.0 Å². The van der Waals surface area contributed by atoms with Crippen LogP contribution >= 0.6 is 24.8 Å². The van der Waals surface area contributed by atoms with E-state index in [1.54, 1.807) is 0 Å². The molecule has 1 aliphatic heterocycles. The van der Waals surface area contributed by atoms with Gasteiger partial charge in [0.05, 0.1) is 5.92 Å². The van der Waals surface area contributed by atoms with Gasteiger partial charge in [0.2, 0.25) is 11.8 Å². The average Bonchev–Trinajstić information content (AvgIpc) is 2.45. The zero-order valence-corrected chi connectivity index (χ0v) is 14.0. The highest BCUT2D eigenvalue weighted by atomic mass is 35.5. The van der Waals surface area contributed by atoms with E-state index in [9.17, 15) is 9.59 Å². The Hall–Kier alpha value is -0.780. The molecule has 0 aromatic heterocycles. The number of nitrogens with one attached hydrogen (secondary N) is 1. The normalized spacial score (nSPS) is 17.2. The Kier molecular flexibility index (Phi) is 13.8. The first-order chi connectivity index (χ1) is 9.19. The summed E-state index contributed by atoms with van der Waals surface area (Å²) in [5.41, 5.74) is 5.36. The van der Waals surface area contributed by atoms with Crippen molar-refractivity contribution in [3.63, 3.8) is 0 Å². The summed E-state index contributed by atoms with van der Waals surface area (Å²) in [5, 5.41) is 2.80. The molecule has 1 atom stereocenters. The molecule has 1 aliphatic rings. The summed E-state index contributed by atoms with van der Waals surface area (Å²) in [4.78, 5) is 25.7. The second-order valence-electron chi connectivity index (χ2n) is 4.94. The minimum Gasteiger partial charge on any atom is -0.355 e. The fraction of sp³-hybridized carbons (Fsp3) is 0.714. The molecule has 0 aromatic carbocycles. The number of hydrogen-bond donors (Lipinski definition) is 2.